The highest BCUT2D eigenvalue weighted by Gasteiger charge is 2.12. The van der Waals surface area contributed by atoms with Crippen molar-refractivity contribution in [1.82, 2.24) is 34.9 Å². The van der Waals surface area contributed by atoms with Crippen LogP contribution in [0.15, 0.2) is 287 Å². The van der Waals surface area contributed by atoms with Crippen LogP contribution in [0.2, 0.25) is 0 Å². The number of aromatic nitrogens is 7. The van der Waals surface area contributed by atoms with E-state index in [1.165, 1.54) is 0 Å². The molecule has 0 aliphatic carbocycles. The van der Waals surface area contributed by atoms with E-state index in [4.69, 9.17) is 42.6 Å². The summed E-state index contributed by atoms with van der Waals surface area (Å²) in [5.41, 5.74) is 0. The van der Waals surface area contributed by atoms with Gasteiger partial charge in [-0.3, -0.25) is 19.9 Å². The molecular weight excluding hydrogens is 1020 g/mol. The van der Waals surface area contributed by atoms with E-state index in [-0.39, 0.29) is 0 Å². The van der Waals surface area contributed by atoms with Gasteiger partial charge in [-0.1, -0.05) is 54.6 Å². The van der Waals surface area contributed by atoms with Crippen molar-refractivity contribution in [2.75, 3.05) is 0 Å². The Kier molecular flexibility index (Phi) is 18.2. The molecular formula is C65H47N7O9. The zero-order chi connectivity index (χ0) is 54.9. The smallest absolute Gasteiger partial charge is 0.219 e. The molecule has 12 aromatic rings. The Hall–Kier alpha value is -11.7. The third kappa shape index (κ3) is 17.2. The summed E-state index contributed by atoms with van der Waals surface area (Å²) in [5.74, 6) is 10.6. The van der Waals surface area contributed by atoms with Crippen molar-refractivity contribution in [3.63, 3.8) is 0 Å². The second-order valence-electron chi connectivity index (χ2n) is 16.7. The Morgan fingerprint density at radius 3 is 0.704 bits per heavy atom. The molecule has 0 amide bonds. The van der Waals surface area contributed by atoms with E-state index in [2.05, 4.69) is 34.9 Å². The summed E-state index contributed by atoms with van der Waals surface area (Å²) in [6.07, 6.45) is 18.4. The van der Waals surface area contributed by atoms with Gasteiger partial charge in [-0.25, -0.2) is 15.0 Å². The number of pyridine rings is 7. The van der Waals surface area contributed by atoms with Crippen LogP contribution in [0.1, 0.15) is 0 Å². The highest BCUT2D eigenvalue weighted by Crippen LogP contribution is 2.38. The molecule has 0 unspecified atom stereocenters. The molecule has 81 heavy (non-hydrogen) atoms. The molecule has 0 aliphatic heterocycles. The topological polar surface area (TPSA) is 173 Å². The molecule has 0 bridgehead atoms. The van der Waals surface area contributed by atoms with Crippen LogP contribution in [0.4, 0.5) is 0 Å². The van der Waals surface area contributed by atoms with Crippen LogP contribution >= 0.6 is 0 Å². The number of nitrogens with zero attached hydrogens (tertiary/aromatic N) is 7. The first kappa shape index (κ1) is 52.8. The number of hydrogen-bond donors (Lipinski definition) is 0. The predicted octanol–water partition coefficient (Wildman–Crippen LogP) is 17.0. The summed E-state index contributed by atoms with van der Waals surface area (Å²) in [6.45, 7) is 0. The lowest BCUT2D eigenvalue weighted by Gasteiger charge is -2.13. The van der Waals surface area contributed by atoms with Gasteiger partial charge in [0, 0.05) is 129 Å². The maximum atomic E-state index is 5.95. The minimum Gasteiger partial charge on any atom is -0.457 e. The largest absolute Gasteiger partial charge is 0.457 e. The molecule has 396 valence electrons. The van der Waals surface area contributed by atoms with Crippen LogP contribution in [-0.2, 0) is 0 Å². The van der Waals surface area contributed by atoms with Gasteiger partial charge in [0.2, 0.25) is 17.6 Å². The van der Waals surface area contributed by atoms with E-state index < -0.39 is 0 Å². The van der Waals surface area contributed by atoms with E-state index in [0.29, 0.717) is 92.4 Å². The fraction of sp³-hybridized carbons (Fsp3) is 0. The maximum absolute atomic E-state index is 5.95. The van der Waals surface area contributed by atoms with Gasteiger partial charge in [-0.2, -0.15) is 0 Å². The number of hydrogen-bond acceptors (Lipinski definition) is 16. The Balaban J connectivity index is 0.000000136. The Bertz CT molecular complexity index is 2950. The third-order valence-electron chi connectivity index (χ3n) is 10.6. The van der Waals surface area contributed by atoms with E-state index in [9.17, 15) is 0 Å². The lowest BCUT2D eigenvalue weighted by Crippen LogP contribution is -1.93. The highest BCUT2D eigenvalue weighted by atomic mass is 16.5. The van der Waals surface area contributed by atoms with Crippen molar-refractivity contribution in [2.45, 2.75) is 0 Å². The number of benzene rings is 5. The first-order chi connectivity index (χ1) is 40.0. The van der Waals surface area contributed by atoms with E-state index in [1.807, 2.05) is 133 Å². The summed E-state index contributed by atoms with van der Waals surface area (Å²) in [5, 5.41) is 0. The number of rotatable bonds is 18. The molecule has 0 spiro atoms. The summed E-state index contributed by atoms with van der Waals surface area (Å²) >= 11 is 0. The van der Waals surface area contributed by atoms with Crippen LogP contribution in [-0.4, -0.2) is 34.9 Å². The maximum Gasteiger partial charge on any atom is 0.219 e. The minimum atomic E-state index is 0.469. The molecule has 0 aliphatic rings. The third-order valence-corrected chi connectivity index (χ3v) is 10.6. The Morgan fingerprint density at radius 2 is 0.432 bits per heavy atom. The highest BCUT2D eigenvalue weighted by molar-refractivity contribution is 5.49. The van der Waals surface area contributed by atoms with Gasteiger partial charge in [0.1, 0.15) is 86.2 Å². The SMILES string of the molecule is c1ccc(Oc2cc(Oc3ccccn3)cc(Oc3ccccn3)c2)nc1.c1ccc(Oc2cc(Oc3cccnc3)cc(Oc3cccnc3)c2)cc1.c1ccc(Oc2cc(Oc3ccncc3)cc(Oc3ccncc3)c2)cc1. The van der Waals surface area contributed by atoms with Gasteiger partial charge in [0.15, 0.2) is 0 Å². The average molecular weight is 1070 g/mol. The lowest BCUT2D eigenvalue weighted by atomic mass is 10.3. The van der Waals surface area contributed by atoms with Gasteiger partial charge in [0.25, 0.3) is 0 Å². The molecule has 0 atom stereocenters. The molecule has 7 heterocycles. The number of para-hydroxylation sites is 2. The monoisotopic (exact) mass is 1070 g/mol. The molecule has 0 radical (unpaired) electrons. The van der Waals surface area contributed by atoms with Gasteiger partial charge in [0.05, 0.1) is 12.4 Å². The second-order valence-corrected chi connectivity index (χ2v) is 16.7. The molecule has 0 saturated carbocycles. The van der Waals surface area contributed by atoms with Gasteiger partial charge >= 0.3 is 0 Å². The molecule has 0 saturated heterocycles. The van der Waals surface area contributed by atoms with Crippen molar-refractivity contribution in [3.05, 3.63) is 287 Å². The fourth-order valence-corrected chi connectivity index (χ4v) is 7.17. The Morgan fingerprint density at radius 1 is 0.173 bits per heavy atom. The zero-order valence-electron chi connectivity index (χ0n) is 42.9. The van der Waals surface area contributed by atoms with Crippen molar-refractivity contribution in [2.24, 2.45) is 0 Å². The van der Waals surface area contributed by atoms with Crippen LogP contribution < -0.4 is 42.6 Å². The summed E-state index contributed by atoms with van der Waals surface area (Å²) in [6, 6.07) is 65.9. The molecule has 16 nitrogen and oxygen atoms in total. The van der Waals surface area contributed by atoms with Crippen molar-refractivity contribution in [1.29, 1.82) is 0 Å². The Labute approximate surface area is 466 Å². The summed E-state index contributed by atoms with van der Waals surface area (Å²) in [7, 11) is 0. The van der Waals surface area contributed by atoms with Crippen LogP contribution in [0.5, 0.6) is 104 Å². The molecule has 7 aromatic heterocycles. The first-order valence-corrected chi connectivity index (χ1v) is 25.0. The van der Waals surface area contributed by atoms with E-state index >= 15 is 0 Å². The van der Waals surface area contributed by atoms with Crippen molar-refractivity contribution >= 4 is 0 Å². The minimum absolute atomic E-state index is 0.469. The normalized spacial score (nSPS) is 10.2. The van der Waals surface area contributed by atoms with Crippen molar-refractivity contribution < 1.29 is 42.6 Å². The zero-order valence-corrected chi connectivity index (χ0v) is 42.9. The summed E-state index contributed by atoms with van der Waals surface area (Å²) in [4.78, 5) is 28.6. The quantitative estimate of drug-likeness (QED) is 0.0793. The van der Waals surface area contributed by atoms with Crippen LogP contribution in [0.3, 0.4) is 0 Å². The van der Waals surface area contributed by atoms with E-state index in [1.54, 1.807) is 153 Å². The summed E-state index contributed by atoms with van der Waals surface area (Å²) < 4.78 is 53.0. The molecule has 12 rings (SSSR count). The molecule has 16 heteroatoms. The van der Waals surface area contributed by atoms with Gasteiger partial charge < -0.3 is 42.6 Å². The van der Waals surface area contributed by atoms with Crippen molar-refractivity contribution in [3.8, 4) is 104 Å². The van der Waals surface area contributed by atoms with Gasteiger partial charge in [-0.15, -0.1) is 0 Å². The average Bonchev–Trinajstić information content (AvgIpc) is 3.50. The van der Waals surface area contributed by atoms with E-state index in [0.717, 1.165) is 11.5 Å². The fourth-order valence-electron chi connectivity index (χ4n) is 7.17. The van der Waals surface area contributed by atoms with Crippen LogP contribution in [0, 0.1) is 0 Å². The van der Waals surface area contributed by atoms with Crippen LogP contribution in [0.25, 0.3) is 0 Å². The number of ether oxygens (including phenoxy) is 9. The predicted molar refractivity (Wildman–Crippen MR) is 303 cm³/mol. The van der Waals surface area contributed by atoms with Gasteiger partial charge in [-0.05, 0) is 91.0 Å². The lowest BCUT2D eigenvalue weighted by molar-refractivity contribution is 0.422. The standard InChI is InChI=1S/2C22H16N2O3.C21H15N3O3/c1-2-6-17(7-3-1)25-20-12-21(26-18-8-4-10-23-15-18)14-22(13-20)27-19-9-5-11-24-16-19;1-2-4-17(5-3-1)25-20-14-21(26-18-6-10-23-11-7-18)16-22(15-20)27-19-8-12-24-13-9-19;1-4-10-22-19(7-1)25-16-13-17(26-20-8-2-5-11-23-20)15-18(14-16)27-21-9-3-6-12-24-21/h2*1-16H;1-15H. The molecule has 0 fully saturated rings. The molecule has 0 N–H and O–H groups in total. The molecule has 5 aromatic carbocycles. The first-order valence-electron chi connectivity index (χ1n) is 25.0. The second kappa shape index (κ2) is 27.9.